The molecular weight excluding hydrogens is 436 g/mol. The third-order valence-corrected chi connectivity index (χ3v) is 7.09. The second kappa shape index (κ2) is 8.22. The van der Waals surface area contributed by atoms with E-state index in [-0.39, 0.29) is 12.3 Å². The van der Waals surface area contributed by atoms with Gasteiger partial charge in [0.25, 0.3) is 5.91 Å². The van der Waals surface area contributed by atoms with Gasteiger partial charge in [-0.3, -0.25) is 9.59 Å². The fraction of sp³-hybridized carbons (Fsp3) is 0.348. The van der Waals surface area contributed by atoms with Crippen molar-refractivity contribution in [1.29, 1.82) is 0 Å². The summed E-state index contributed by atoms with van der Waals surface area (Å²) >= 11 is 7.80. The van der Waals surface area contributed by atoms with Crippen LogP contribution in [-0.4, -0.2) is 39.5 Å². The van der Waals surface area contributed by atoms with E-state index in [0.717, 1.165) is 33.6 Å². The molecule has 1 saturated heterocycles. The molecule has 1 aromatic heterocycles. The molecule has 3 aromatic rings. The lowest BCUT2D eigenvalue weighted by molar-refractivity contribution is -0.179. The Morgan fingerprint density at radius 2 is 2.03 bits per heavy atom. The van der Waals surface area contributed by atoms with Crippen LogP contribution in [0.4, 0.5) is 0 Å². The van der Waals surface area contributed by atoms with Crippen LogP contribution >= 0.6 is 22.9 Å². The van der Waals surface area contributed by atoms with Crippen LogP contribution in [0.1, 0.15) is 42.0 Å². The molecule has 1 amide bonds. The maximum atomic E-state index is 13.4. The van der Waals surface area contributed by atoms with Gasteiger partial charge in [-0.25, -0.2) is 4.98 Å². The monoisotopic (exact) mass is 456 g/mol. The standard InChI is InChI=1S/C23H21ClN2O4S/c24-15-5-3-4-14(10-15)21-20(22-25-16-6-1-2-7-18(16)31-22)26(12-13-8-9-13)23(29)17(30-21)11-19(27)28/h1-7,10,13,17,20-21H,8-9,11-12H2,(H,27,28)/t17-,20-,21+/m1/s1. The average molecular weight is 457 g/mol. The molecule has 31 heavy (non-hydrogen) atoms. The summed E-state index contributed by atoms with van der Waals surface area (Å²) in [6, 6.07) is 14.8. The van der Waals surface area contributed by atoms with E-state index in [0.29, 0.717) is 17.5 Å². The lowest BCUT2D eigenvalue weighted by Crippen LogP contribution is -2.52. The number of para-hydroxylation sites is 1. The number of ether oxygens (including phenoxy) is 1. The Morgan fingerprint density at radius 1 is 1.23 bits per heavy atom. The summed E-state index contributed by atoms with van der Waals surface area (Å²) in [5.41, 5.74) is 1.68. The number of aliphatic carboxylic acids is 1. The quantitative estimate of drug-likeness (QED) is 0.573. The van der Waals surface area contributed by atoms with Crippen LogP contribution in [0.5, 0.6) is 0 Å². The Morgan fingerprint density at radius 3 is 2.74 bits per heavy atom. The number of morpholine rings is 1. The minimum absolute atomic E-state index is 0.281. The number of nitrogens with zero attached hydrogens (tertiary/aromatic N) is 2. The first-order valence-electron chi connectivity index (χ1n) is 10.3. The Balaban J connectivity index is 1.62. The van der Waals surface area contributed by atoms with Crippen molar-refractivity contribution in [3.8, 4) is 0 Å². The highest BCUT2D eigenvalue weighted by molar-refractivity contribution is 7.18. The number of aromatic nitrogens is 1. The van der Waals surface area contributed by atoms with Gasteiger partial charge in [0.2, 0.25) is 0 Å². The maximum Gasteiger partial charge on any atom is 0.306 e. The first kappa shape index (κ1) is 20.4. The maximum absolute atomic E-state index is 13.4. The molecule has 160 valence electrons. The fourth-order valence-corrected chi connectivity index (χ4v) is 5.40. The number of carboxylic acid groups (broad SMARTS) is 1. The zero-order valence-electron chi connectivity index (χ0n) is 16.6. The molecule has 2 fully saturated rings. The Labute approximate surface area is 188 Å². The van der Waals surface area contributed by atoms with Crippen molar-refractivity contribution in [2.75, 3.05) is 6.54 Å². The first-order chi connectivity index (χ1) is 15.0. The number of hydrogen-bond donors (Lipinski definition) is 1. The summed E-state index contributed by atoms with van der Waals surface area (Å²) in [5.74, 6) is -0.908. The number of carboxylic acids is 1. The van der Waals surface area contributed by atoms with Crippen molar-refractivity contribution in [1.82, 2.24) is 9.88 Å². The topological polar surface area (TPSA) is 79.7 Å². The molecule has 1 aliphatic carbocycles. The predicted octanol–water partition coefficient (Wildman–Crippen LogP) is 4.84. The van der Waals surface area contributed by atoms with Crippen molar-refractivity contribution < 1.29 is 19.4 Å². The van der Waals surface area contributed by atoms with Gasteiger partial charge in [0.1, 0.15) is 23.3 Å². The van der Waals surface area contributed by atoms with Crippen molar-refractivity contribution in [2.24, 2.45) is 5.92 Å². The SMILES string of the molecule is O=C(O)C[C@H]1O[C@@H](c2cccc(Cl)c2)[C@H](c2nc3ccccc3s2)N(CC2CC2)C1=O. The van der Waals surface area contributed by atoms with E-state index in [2.05, 4.69) is 0 Å². The third kappa shape index (κ3) is 4.18. The summed E-state index contributed by atoms with van der Waals surface area (Å²) in [6.07, 6.45) is 0.181. The molecule has 0 unspecified atom stereocenters. The number of benzene rings is 2. The van der Waals surface area contributed by atoms with Gasteiger partial charge in [-0.05, 0) is 48.6 Å². The van der Waals surface area contributed by atoms with Gasteiger partial charge in [0, 0.05) is 11.6 Å². The van der Waals surface area contributed by atoms with Gasteiger partial charge in [0.15, 0.2) is 0 Å². The number of amides is 1. The van der Waals surface area contributed by atoms with Crippen LogP contribution in [0, 0.1) is 5.92 Å². The molecule has 2 heterocycles. The smallest absolute Gasteiger partial charge is 0.306 e. The number of carbonyl (C=O) groups excluding carboxylic acids is 1. The van der Waals surface area contributed by atoms with Crippen LogP contribution in [0.2, 0.25) is 5.02 Å². The van der Waals surface area contributed by atoms with E-state index in [1.54, 1.807) is 22.3 Å². The molecule has 1 aliphatic heterocycles. The van der Waals surface area contributed by atoms with Crippen LogP contribution in [0.15, 0.2) is 48.5 Å². The van der Waals surface area contributed by atoms with Crippen LogP contribution in [0.25, 0.3) is 10.2 Å². The summed E-state index contributed by atoms with van der Waals surface area (Å²) in [4.78, 5) is 31.4. The van der Waals surface area contributed by atoms with E-state index in [1.165, 1.54) is 0 Å². The Bertz CT molecular complexity index is 1110. The number of carbonyl (C=O) groups is 2. The number of rotatable bonds is 6. The van der Waals surface area contributed by atoms with Gasteiger partial charge in [-0.2, -0.15) is 0 Å². The molecular formula is C23H21ClN2O4S. The van der Waals surface area contributed by atoms with Crippen LogP contribution < -0.4 is 0 Å². The van der Waals surface area contributed by atoms with Gasteiger partial charge in [-0.15, -0.1) is 11.3 Å². The fourth-order valence-electron chi connectivity index (χ4n) is 4.09. The highest BCUT2D eigenvalue weighted by Crippen LogP contribution is 2.46. The Kier molecular flexibility index (Phi) is 5.42. The van der Waals surface area contributed by atoms with Crippen molar-refractivity contribution >= 4 is 45.0 Å². The van der Waals surface area contributed by atoms with E-state index in [4.69, 9.17) is 21.3 Å². The zero-order valence-corrected chi connectivity index (χ0v) is 18.2. The number of thiazole rings is 1. The van der Waals surface area contributed by atoms with Crippen molar-refractivity contribution in [3.63, 3.8) is 0 Å². The molecule has 8 heteroatoms. The number of hydrogen-bond acceptors (Lipinski definition) is 5. The molecule has 0 spiro atoms. The minimum Gasteiger partial charge on any atom is -0.481 e. The molecule has 6 nitrogen and oxygen atoms in total. The second-order valence-electron chi connectivity index (χ2n) is 8.10. The predicted molar refractivity (Wildman–Crippen MR) is 118 cm³/mol. The molecule has 0 radical (unpaired) electrons. The van der Waals surface area contributed by atoms with Crippen molar-refractivity contribution in [3.05, 3.63) is 64.1 Å². The number of fused-ring (bicyclic) bond motifs is 1. The van der Waals surface area contributed by atoms with E-state index < -0.39 is 24.2 Å². The summed E-state index contributed by atoms with van der Waals surface area (Å²) in [7, 11) is 0. The van der Waals surface area contributed by atoms with E-state index in [1.807, 2.05) is 42.5 Å². The molecule has 2 aliphatic rings. The number of halogens is 1. The molecule has 1 N–H and O–H groups in total. The van der Waals surface area contributed by atoms with Gasteiger partial charge in [-0.1, -0.05) is 35.9 Å². The van der Waals surface area contributed by atoms with Gasteiger partial charge in [0.05, 0.1) is 16.6 Å². The Hall–Kier alpha value is -2.48. The average Bonchev–Trinajstić information content (AvgIpc) is 3.45. The largest absolute Gasteiger partial charge is 0.481 e. The normalized spacial score (nSPS) is 24.0. The molecule has 1 saturated carbocycles. The second-order valence-corrected chi connectivity index (χ2v) is 9.60. The summed E-state index contributed by atoms with van der Waals surface area (Å²) in [6.45, 7) is 0.579. The van der Waals surface area contributed by atoms with E-state index in [9.17, 15) is 14.7 Å². The third-order valence-electron chi connectivity index (χ3n) is 5.74. The molecule has 5 rings (SSSR count). The lowest BCUT2D eigenvalue weighted by atomic mass is 9.96. The highest BCUT2D eigenvalue weighted by atomic mass is 35.5. The molecule has 3 atom stereocenters. The lowest BCUT2D eigenvalue weighted by Gasteiger charge is -2.43. The minimum atomic E-state index is -1.06. The van der Waals surface area contributed by atoms with E-state index >= 15 is 0 Å². The van der Waals surface area contributed by atoms with Crippen LogP contribution in [0.3, 0.4) is 0 Å². The zero-order chi connectivity index (χ0) is 21.5. The van der Waals surface area contributed by atoms with Gasteiger partial charge < -0.3 is 14.7 Å². The summed E-state index contributed by atoms with van der Waals surface area (Å²) < 4.78 is 7.22. The summed E-state index contributed by atoms with van der Waals surface area (Å²) in [5, 5.41) is 10.7. The molecule has 0 bridgehead atoms. The van der Waals surface area contributed by atoms with Gasteiger partial charge >= 0.3 is 5.97 Å². The first-order valence-corrected chi connectivity index (χ1v) is 11.5. The highest BCUT2D eigenvalue weighted by Gasteiger charge is 2.47. The van der Waals surface area contributed by atoms with Crippen molar-refractivity contribution in [2.45, 2.75) is 37.5 Å². The molecule has 2 aromatic carbocycles. The van der Waals surface area contributed by atoms with Crippen LogP contribution in [-0.2, 0) is 14.3 Å².